The molecule has 0 saturated carbocycles. The number of aryl methyl sites for hydroxylation is 3. The molecule has 1 fully saturated rings. The standard InChI is InChI=1S/C16H18N6OS/c1-10-13(7-17)15(20-11(2)19-10)24-14-5-4-6-22(16(14)23)12-8-18-21(3)9-12/h8-9,14H,4-6H2,1-3H3/t14-/m1/s1. The monoisotopic (exact) mass is 342 g/mol. The maximum atomic E-state index is 12.9. The van der Waals surface area contributed by atoms with Gasteiger partial charge in [0.15, 0.2) is 0 Å². The van der Waals surface area contributed by atoms with Crippen molar-refractivity contribution in [1.82, 2.24) is 19.7 Å². The van der Waals surface area contributed by atoms with E-state index in [4.69, 9.17) is 0 Å². The largest absolute Gasteiger partial charge is 0.309 e. The maximum Gasteiger partial charge on any atom is 0.240 e. The Hall–Kier alpha value is -2.40. The van der Waals surface area contributed by atoms with Crippen molar-refractivity contribution in [1.29, 1.82) is 5.26 Å². The van der Waals surface area contributed by atoms with Gasteiger partial charge in [0.2, 0.25) is 5.91 Å². The fraction of sp³-hybridized carbons (Fsp3) is 0.438. The molecule has 124 valence electrons. The van der Waals surface area contributed by atoms with Crippen LogP contribution in [0.4, 0.5) is 5.69 Å². The molecule has 0 N–H and O–H groups in total. The van der Waals surface area contributed by atoms with E-state index in [1.54, 1.807) is 29.6 Å². The molecule has 2 aromatic heterocycles. The highest BCUT2D eigenvalue weighted by molar-refractivity contribution is 8.00. The number of amides is 1. The number of carbonyl (C=O) groups is 1. The summed E-state index contributed by atoms with van der Waals surface area (Å²) in [4.78, 5) is 23.2. The summed E-state index contributed by atoms with van der Waals surface area (Å²) in [6, 6.07) is 2.16. The number of piperidine rings is 1. The van der Waals surface area contributed by atoms with Gasteiger partial charge in [-0.15, -0.1) is 0 Å². The SMILES string of the molecule is Cc1nc(C)c(C#N)c(S[C@@H]2CCCN(c3cnn(C)c3)C2=O)n1. The van der Waals surface area contributed by atoms with Gasteiger partial charge in [0.1, 0.15) is 22.5 Å². The van der Waals surface area contributed by atoms with Gasteiger partial charge >= 0.3 is 0 Å². The van der Waals surface area contributed by atoms with Crippen LogP contribution < -0.4 is 4.90 Å². The number of nitrogens with zero attached hydrogens (tertiary/aromatic N) is 6. The number of hydrogen-bond donors (Lipinski definition) is 0. The van der Waals surface area contributed by atoms with Gasteiger partial charge in [-0.3, -0.25) is 9.48 Å². The van der Waals surface area contributed by atoms with Gasteiger partial charge in [0.05, 0.1) is 22.8 Å². The van der Waals surface area contributed by atoms with Crippen LogP contribution in [0.15, 0.2) is 17.4 Å². The lowest BCUT2D eigenvalue weighted by Gasteiger charge is -2.30. The lowest BCUT2D eigenvalue weighted by molar-refractivity contribution is -0.119. The van der Waals surface area contributed by atoms with E-state index in [1.165, 1.54) is 11.8 Å². The summed E-state index contributed by atoms with van der Waals surface area (Å²) in [6.45, 7) is 4.28. The first-order chi connectivity index (χ1) is 11.5. The number of hydrogen-bond acceptors (Lipinski definition) is 6. The van der Waals surface area contributed by atoms with Crippen molar-refractivity contribution in [3.05, 3.63) is 29.5 Å². The van der Waals surface area contributed by atoms with Gasteiger partial charge in [-0.1, -0.05) is 11.8 Å². The molecule has 1 aliphatic rings. The number of thioether (sulfide) groups is 1. The summed E-state index contributed by atoms with van der Waals surface area (Å²) in [7, 11) is 1.83. The first kappa shape index (κ1) is 16.5. The van der Waals surface area contributed by atoms with E-state index in [1.807, 2.05) is 13.2 Å². The Morgan fingerprint density at radius 2 is 2.17 bits per heavy atom. The lowest BCUT2D eigenvalue weighted by Crippen LogP contribution is -2.42. The summed E-state index contributed by atoms with van der Waals surface area (Å²) in [6.07, 6.45) is 5.21. The van der Waals surface area contributed by atoms with Crippen molar-refractivity contribution in [3.8, 4) is 6.07 Å². The molecule has 8 heteroatoms. The Bertz CT molecular complexity index is 824. The summed E-state index contributed by atoms with van der Waals surface area (Å²) in [5.74, 6) is 0.651. The molecule has 1 saturated heterocycles. The Kier molecular flexibility index (Phi) is 4.53. The third kappa shape index (κ3) is 3.12. The molecule has 0 spiro atoms. The molecule has 3 heterocycles. The molecule has 0 unspecified atom stereocenters. The highest BCUT2D eigenvalue weighted by Crippen LogP contribution is 2.33. The Morgan fingerprint density at radius 3 is 2.83 bits per heavy atom. The summed E-state index contributed by atoms with van der Waals surface area (Å²) >= 11 is 1.37. The second kappa shape index (κ2) is 6.61. The van der Waals surface area contributed by atoms with Crippen LogP contribution in [-0.4, -0.2) is 37.5 Å². The van der Waals surface area contributed by atoms with Crippen molar-refractivity contribution in [3.63, 3.8) is 0 Å². The van der Waals surface area contributed by atoms with Gasteiger partial charge in [-0.05, 0) is 26.7 Å². The van der Waals surface area contributed by atoms with Crippen LogP contribution in [0.25, 0.3) is 0 Å². The fourth-order valence-electron chi connectivity index (χ4n) is 2.79. The first-order valence-electron chi connectivity index (χ1n) is 7.71. The average Bonchev–Trinajstić information content (AvgIpc) is 2.95. The van der Waals surface area contributed by atoms with Gasteiger partial charge in [-0.25, -0.2) is 9.97 Å². The van der Waals surface area contributed by atoms with Crippen molar-refractivity contribution in [2.75, 3.05) is 11.4 Å². The molecular weight excluding hydrogens is 324 g/mol. The summed E-state index contributed by atoms with van der Waals surface area (Å²) in [5, 5.41) is 13.8. The Labute approximate surface area is 144 Å². The predicted molar refractivity (Wildman–Crippen MR) is 90.7 cm³/mol. The van der Waals surface area contributed by atoms with Crippen LogP contribution in [0.2, 0.25) is 0 Å². The maximum absolute atomic E-state index is 12.9. The third-order valence-electron chi connectivity index (χ3n) is 3.93. The van der Waals surface area contributed by atoms with Crippen LogP contribution in [0.1, 0.15) is 29.9 Å². The van der Waals surface area contributed by atoms with E-state index in [-0.39, 0.29) is 11.2 Å². The second-order valence-electron chi connectivity index (χ2n) is 5.76. The number of aromatic nitrogens is 4. The molecule has 0 aliphatic carbocycles. The van der Waals surface area contributed by atoms with Crippen molar-refractivity contribution in [2.24, 2.45) is 7.05 Å². The fourth-order valence-corrected chi connectivity index (χ4v) is 4.06. The molecular formula is C16H18N6OS. The molecule has 3 rings (SSSR count). The average molecular weight is 342 g/mol. The van der Waals surface area contributed by atoms with Crippen LogP contribution in [0.5, 0.6) is 0 Å². The normalized spacial score (nSPS) is 17.8. The van der Waals surface area contributed by atoms with Crippen LogP contribution in [0, 0.1) is 25.2 Å². The zero-order valence-electron chi connectivity index (χ0n) is 13.9. The molecule has 0 aromatic carbocycles. The number of carbonyl (C=O) groups excluding carboxylic acids is 1. The molecule has 0 radical (unpaired) electrons. The molecule has 24 heavy (non-hydrogen) atoms. The number of rotatable bonds is 3. The van der Waals surface area contributed by atoms with Gasteiger partial charge in [0, 0.05) is 19.8 Å². The first-order valence-corrected chi connectivity index (χ1v) is 8.59. The minimum absolute atomic E-state index is 0.0389. The summed E-state index contributed by atoms with van der Waals surface area (Å²) in [5.41, 5.74) is 1.92. The topological polar surface area (TPSA) is 87.7 Å². The quantitative estimate of drug-likeness (QED) is 0.793. The summed E-state index contributed by atoms with van der Waals surface area (Å²) < 4.78 is 1.68. The molecule has 7 nitrogen and oxygen atoms in total. The minimum atomic E-state index is -0.250. The van der Waals surface area contributed by atoms with Gasteiger partial charge in [0.25, 0.3) is 0 Å². The smallest absolute Gasteiger partial charge is 0.240 e. The Morgan fingerprint density at radius 1 is 1.38 bits per heavy atom. The molecule has 2 aromatic rings. The highest BCUT2D eigenvalue weighted by Gasteiger charge is 2.32. The van der Waals surface area contributed by atoms with E-state index < -0.39 is 0 Å². The van der Waals surface area contributed by atoms with E-state index in [0.717, 1.165) is 18.5 Å². The van der Waals surface area contributed by atoms with E-state index in [2.05, 4.69) is 21.1 Å². The molecule has 0 bridgehead atoms. The Balaban J connectivity index is 1.86. The van der Waals surface area contributed by atoms with Crippen molar-refractivity contribution < 1.29 is 4.79 Å². The van der Waals surface area contributed by atoms with Crippen molar-refractivity contribution in [2.45, 2.75) is 37.0 Å². The van der Waals surface area contributed by atoms with Crippen molar-refractivity contribution >= 4 is 23.4 Å². The molecule has 1 amide bonds. The van der Waals surface area contributed by atoms with Crippen LogP contribution in [0.3, 0.4) is 0 Å². The molecule has 1 atom stereocenters. The third-order valence-corrected chi connectivity index (χ3v) is 5.17. The highest BCUT2D eigenvalue weighted by atomic mass is 32.2. The van der Waals surface area contributed by atoms with Crippen LogP contribution in [-0.2, 0) is 11.8 Å². The lowest BCUT2D eigenvalue weighted by atomic mass is 10.1. The van der Waals surface area contributed by atoms with Gasteiger partial charge in [-0.2, -0.15) is 10.4 Å². The van der Waals surface area contributed by atoms with Crippen LogP contribution >= 0.6 is 11.8 Å². The van der Waals surface area contributed by atoms with E-state index in [0.29, 0.717) is 28.7 Å². The van der Waals surface area contributed by atoms with E-state index >= 15 is 0 Å². The second-order valence-corrected chi connectivity index (χ2v) is 6.95. The molecule has 1 aliphatic heterocycles. The zero-order chi connectivity index (χ0) is 17.3. The van der Waals surface area contributed by atoms with Gasteiger partial charge < -0.3 is 4.90 Å². The predicted octanol–water partition coefficient (Wildman–Crippen LogP) is 1.99. The minimum Gasteiger partial charge on any atom is -0.309 e. The zero-order valence-corrected chi connectivity index (χ0v) is 14.7. The number of nitriles is 1. The number of anilines is 1. The van der Waals surface area contributed by atoms with E-state index in [9.17, 15) is 10.1 Å².